The lowest BCUT2D eigenvalue weighted by Gasteiger charge is -2.05. The lowest BCUT2D eigenvalue weighted by Crippen LogP contribution is -1.86. The minimum Gasteiger partial charge on any atom is -0.245 e. The largest absolute Gasteiger partial charge is 0.245 e. The van der Waals surface area contributed by atoms with E-state index >= 15 is 0 Å². The fourth-order valence-electron chi connectivity index (χ4n) is 2.40. The Kier molecular flexibility index (Phi) is 3.48. The molecule has 7 heteroatoms. The van der Waals surface area contributed by atoms with Crippen LogP contribution in [0.5, 0.6) is 0 Å². The molecule has 3 heterocycles. The maximum absolute atomic E-state index is 13.3. The molecule has 23 heavy (non-hydrogen) atoms. The maximum atomic E-state index is 13.3. The monoisotopic (exact) mass is 342 g/mol. The van der Waals surface area contributed by atoms with E-state index in [1.54, 1.807) is 18.3 Å². The smallest absolute Gasteiger partial charge is 0.141 e. The molecule has 0 N–H and O–H groups in total. The molecule has 0 amide bonds. The van der Waals surface area contributed by atoms with Crippen LogP contribution < -0.4 is 0 Å². The van der Waals surface area contributed by atoms with Gasteiger partial charge in [-0.2, -0.15) is 0 Å². The van der Waals surface area contributed by atoms with Gasteiger partial charge in [0.2, 0.25) is 0 Å². The molecule has 0 atom stereocenters. The van der Waals surface area contributed by atoms with Crippen LogP contribution in [0.25, 0.3) is 31.9 Å². The number of hydrogen-bond acceptors (Lipinski definition) is 5. The van der Waals surface area contributed by atoms with E-state index < -0.39 is 0 Å². The molecule has 0 saturated heterocycles. The Hall–Kier alpha value is -2.44. The van der Waals surface area contributed by atoms with Gasteiger partial charge in [0.25, 0.3) is 0 Å². The average Bonchev–Trinajstić information content (AvgIpc) is 2.97. The second-order valence-corrected chi connectivity index (χ2v) is 6.11. The van der Waals surface area contributed by atoms with Crippen molar-refractivity contribution >= 4 is 33.2 Å². The molecular weight excluding hydrogens is 335 g/mol. The molecular formula is C16H8ClFN4S. The number of hydrogen-bond donors (Lipinski definition) is 0. The Labute approximate surface area is 139 Å². The van der Waals surface area contributed by atoms with Gasteiger partial charge in [-0.25, -0.2) is 24.3 Å². The summed E-state index contributed by atoms with van der Waals surface area (Å²) in [5, 5.41) is 1.12. The van der Waals surface area contributed by atoms with Crippen LogP contribution >= 0.6 is 22.9 Å². The topological polar surface area (TPSA) is 51.6 Å². The van der Waals surface area contributed by atoms with Crippen molar-refractivity contribution in [1.29, 1.82) is 0 Å². The van der Waals surface area contributed by atoms with Crippen LogP contribution in [0, 0.1) is 5.82 Å². The van der Waals surface area contributed by atoms with Gasteiger partial charge in [0.1, 0.15) is 28.5 Å². The van der Waals surface area contributed by atoms with Crippen molar-refractivity contribution in [2.24, 2.45) is 0 Å². The zero-order chi connectivity index (χ0) is 15.8. The van der Waals surface area contributed by atoms with Gasteiger partial charge < -0.3 is 0 Å². The molecule has 4 nitrogen and oxygen atoms in total. The molecule has 0 aliphatic carbocycles. The molecule has 0 spiro atoms. The Morgan fingerprint density at radius 1 is 0.957 bits per heavy atom. The lowest BCUT2D eigenvalue weighted by atomic mass is 10.0. The molecule has 0 radical (unpaired) electrons. The van der Waals surface area contributed by atoms with E-state index in [-0.39, 0.29) is 5.82 Å². The zero-order valence-electron chi connectivity index (χ0n) is 11.6. The van der Waals surface area contributed by atoms with Gasteiger partial charge in [0, 0.05) is 11.8 Å². The van der Waals surface area contributed by atoms with E-state index in [4.69, 9.17) is 11.6 Å². The first kappa shape index (κ1) is 14.2. The van der Waals surface area contributed by atoms with Crippen molar-refractivity contribution in [2.45, 2.75) is 0 Å². The summed E-state index contributed by atoms with van der Waals surface area (Å²) in [5.41, 5.74) is 2.45. The second kappa shape index (κ2) is 5.64. The van der Waals surface area contributed by atoms with Crippen LogP contribution in [-0.2, 0) is 0 Å². The van der Waals surface area contributed by atoms with Crippen LogP contribution in [-0.4, -0.2) is 19.9 Å². The fraction of sp³-hybridized carbons (Fsp3) is 0. The highest BCUT2D eigenvalue weighted by Crippen LogP contribution is 2.45. The minimum atomic E-state index is -0.292. The highest BCUT2D eigenvalue weighted by Gasteiger charge is 2.20. The summed E-state index contributed by atoms with van der Waals surface area (Å²) in [7, 11) is 0. The van der Waals surface area contributed by atoms with Crippen molar-refractivity contribution in [3.8, 4) is 21.7 Å². The van der Waals surface area contributed by atoms with Gasteiger partial charge in [-0.3, -0.25) is 0 Å². The van der Waals surface area contributed by atoms with E-state index in [0.29, 0.717) is 5.15 Å². The van der Waals surface area contributed by atoms with Crippen LogP contribution in [0.2, 0.25) is 5.15 Å². The molecule has 0 aliphatic heterocycles. The standard InChI is InChI=1S/C16H8ClFN4S/c17-15-13-12(9-1-3-10(18)4-2-9)14(11-5-6-19-7-20-11)23-16(13)22-8-21-15/h1-8H. The van der Waals surface area contributed by atoms with Crippen molar-refractivity contribution in [2.75, 3.05) is 0 Å². The lowest BCUT2D eigenvalue weighted by molar-refractivity contribution is 0.628. The van der Waals surface area contributed by atoms with Crippen molar-refractivity contribution in [3.63, 3.8) is 0 Å². The van der Waals surface area contributed by atoms with E-state index in [1.807, 2.05) is 6.07 Å². The van der Waals surface area contributed by atoms with Crippen LogP contribution in [0.1, 0.15) is 0 Å². The summed E-state index contributed by atoms with van der Waals surface area (Å²) in [6.07, 6.45) is 4.59. The number of thiophene rings is 1. The fourth-order valence-corrected chi connectivity index (χ4v) is 3.82. The van der Waals surface area contributed by atoms with Gasteiger partial charge >= 0.3 is 0 Å². The summed E-state index contributed by atoms with van der Waals surface area (Å²) in [5.74, 6) is -0.292. The van der Waals surface area contributed by atoms with E-state index in [0.717, 1.165) is 31.9 Å². The minimum absolute atomic E-state index is 0.292. The van der Waals surface area contributed by atoms with Crippen LogP contribution in [0.15, 0.2) is 49.2 Å². The average molecular weight is 343 g/mol. The molecule has 4 rings (SSSR count). The first-order valence-corrected chi connectivity index (χ1v) is 7.89. The molecule has 0 aliphatic rings. The van der Waals surface area contributed by atoms with Gasteiger partial charge in [0.15, 0.2) is 0 Å². The molecule has 0 bridgehead atoms. The quantitative estimate of drug-likeness (QED) is 0.499. The molecule has 1 aromatic carbocycles. The molecule has 0 saturated carbocycles. The van der Waals surface area contributed by atoms with Gasteiger partial charge in [-0.15, -0.1) is 11.3 Å². The highest BCUT2D eigenvalue weighted by atomic mass is 35.5. The first-order chi connectivity index (χ1) is 11.2. The third-order valence-corrected chi connectivity index (χ3v) is 4.80. The Morgan fingerprint density at radius 2 is 1.78 bits per heavy atom. The van der Waals surface area contributed by atoms with E-state index in [9.17, 15) is 4.39 Å². The second-order valence-electron chi connectivity index (χ2n) is 4.75. The maximum Gasteiger partial charge on any atom is 0.141 e. The summed E-state index contributed by atoms with van der Waals surface area (Å²) in [4.78, 5) is 18.3. The third kappa shape index (κ3) is 2.46. The van der Waals surface area contributed by atoms with Crippen LogP contribution in [0.4, 0.5) is 4.39 Å². The van der Waals surface area contributed by atoms with Gasteiger partial charge in [0.05, 0.1) is 16.0 Å². The van der Waals surface area contributed by atoms with Gasteiger partial charge in [-0.1, -0.05) is 23.7 Å². The van der Waals surface area contributed by atoms with Crippen molar-refractivity contribution in [1.82, 2.24) is 19.9 Å². The number of halogens is 2. The molecule has 0 fully saturated rings. The Morgan fingerprint density at radius 3 is 2.52 bits per heavy atom. The Bertz CT molecular complexity index is 986. The Balaban J connectivity index is 2.08. The van der Waals surface area contributed by atoms with E-state index in [2.05, 4.69) is 19.9 Å². The number of benzene rings is 1. The predicted octanol–water partition coefficient (Wildman–Crippen LogP) is 4.61. The SMILES string of the molecule is Fc1ccc(-c2c(-c3ccncn3)sc3ncnc(Cl)c23)cc1. The summed E-state index contributed by atoms with van der Waals surface area (Å²) in [6, 6.07) is 8.08. The number of nitrogens with zero attached hydrogens (tertiary/aromatic N) is 4. The summed E-state index contributed by atoms with van der Waals surface area (Å²) in [6.45, 7) is 0. The van der Waals surface area contributed by atoms with Crippen LogP contribution in [0.3, 0.4) is 0 Å². The number of aromatic nitrogens is 4. The zero-order valence-corrected chi connectivity index (χ0v) is 13.1. The van der Waals surface area contributed by atoms with Crippen molar-refractivity contribution in [3.05, 3.63) is 60.2 Å². The molecule has 4 aromatic rings. The number of rotatable bonds is 2. The van der Waals surface area contributed by atoms with Gasteiger partial charge in [-0.05, 0) is 23.8 Å². The summed E-state index contributed by atoms with van der Waals surface area (Å²) >= 11 is 7.76. The molecule has 3 aromatic heterocycles. The molecule has 0 unspecified atom stereocenters. The summed E-state index contributed by atoms with van der Waals surface area (Å²) < 4.78 is 13.3. The van der Waals surface area contributed by atoms with E-state index in [1.165, 1.54) is 36.1 Å². The van der Waals surface area contributed by atoms with Crippen molar-refractivity contribution < 1.29 is 4.39 Å². The third-order valence-electron chi connectivity index (χ3n) is 3.39. The highest BCUT2D eigenvalue weighted by molar-refractivity contribution is 7.22. The predicted molar refractivity (Wildman–Crippen MR) is 88.8 cm³/mol. The normalized spacial score (nSPS) is 11.0. The number of fused-ring (bicyclic) bond motifs is 1. The first-order valence-electron chi connectivity index (χ1n) is 6.69. The molecule has 112 valence electrons.